The second kappa shape index (κ2) is 6.50. The van der Waals surface area contributed by atoms with Gasteiger partial charge in [0.2, 0.25) is 0 Å². The van der Waals surface area contributed by atoms with Crippen LogP contribution < -0.4 is 5.32 Å². The number of benzene rings is 1. The van der Waals surface area contributed by atoms with Crippen molar-refractivity contribution >= 4 is 33.2 Å². The molecule has 1 atom stereocenters. The second-order valence-electron chi connectivity index (χ2n) is 4.77. The molecule has 1 aromatic heterocycles. The molecule has 20 heavy (non-hydrogen) atoms. The molecule has 0 radical (unpaired) electrons. The van der Waals surface area contributed by atoms with Crippen molar-refractivity contribution in [1.82, 2.24) is 5.32 Å². The van der Waals surface area contributed by atoms with Gasteiger partial charge >= 0.3 is 0 Å². The molecule has 0 spiro atoms. The fourth-order valence-corrected chi connectivity index (χ4v) is 3.33. The molecule has 1 aromatic carbocycles. The summed E-state index contributed by atoms with van der Waals surface area (Å²) in [4.78, 5) is 12.8. The molecular weight excluding hydrogens is 341 g/mol. The lowest BCUT2D eigenvalue weighted by molar-refractivity contribution is 0.0944. The highest BCUT2D eigenvalue weighted by Crippen LogP contribution is 2.27. The summed E-state index contributed by atoms with van der Waals surface area (Å²) in [5.41, 5.74) is 2.06. The molecule has 2 aromatic rings. The average molecular weight is 356 g/mol. The Kier molecular flexibility index (Phi) is 4.94. The van der Waals surface area contributed by atoms with Crippen molar-refractivity contribution in [3.05, 3.63) is 55.9 Å². The van der Waals surface area contributed by atoms with Gasteiger partial charge in [-0.3, -0.25) is 4.79 Å². The maximum Gasteiger partial charge on any atom is 0.261 e. The van der Waals surface area contributed by atoms with E-state index >= 15 is 0 Å². The monoisotopic (exact) mass is 355 g/mol. The van der Waals surface area contributed by atoms with Gasteiger partial charge < -0.3 is 5.32 Å². The highest BCUT2D eigenvalue weighted by atomic mass is 79.9. The highest BCUT2D eigenvalue weighted by molar-refractivity contribution is 9.11. The minimum Gasteiger partial charge on any atom is -0.349 e. The molecule has 1 heterocycles. The first kappa shape index (κ1) is 15.2. The Balaban J connectivity index is 1.95. The van der Waals surface area contributed by atoms with E-state index in [1.807, 2.05) is 19.9 Å². The normalized spacial score (nSPS) is 12.2. The first-order chi connectivity index (χ1) is 9.45. The van der Waals surface area contributed by atoms with Gasteiger partial charge in [0.25, 0.3) is 5.91 Å². The van der Waals surface area contributed by atoms with Crippen LogP contribution in [0.1, 0.15) is 27.7 Å². The van der Waals surface area contributed by atoms with Crippen LogP contribution in [0.5, 0.6) is 0 Å². The first-order valence-electron chi connectivity index (χ1n) is 6.27. The van der Waals surface area contributed by atoms with Gasteiger partial charge in [0.05, 0.1) is 8.66 Å². The number of amides is 1. The van der Waals surface area contributed by atoms with Crippen molar-refractivity contribution < 1.29 is 9.18 Å². The van der Waals surface area contributed by atoms with Gasteiger partial charge in [0, 0.05) is 6.04 Å². The summed E-state index contributed by atoms with van der Waals surface area (Å²) < 4.78 is 13.8. The first-order valence-corrected chi connectivity index (χ1v) is 7.88. The van der Waals surface area contributed by atoms with E-state index in [2.05, 4.69) is 21.2 Å². The van der Waals surface area contributed by atoms with Crippen LogP contribution >= 0.6 is 27.3 Å². The maximum atomic E-state index is 12.8. The predicted octanol–water partition coefficient (Wildman–Crippen LogP) is 4.32. The number of carbonyl (C=O) groups is 1. The predicted molar refractivity (Wildman–Crippen MR) is 83.8 cm³/mol. The van der Waals surface area contributed by atoms with E-state index in [4.69, 9.17) is 0 Å². The summed E-state index contributed by atoms with van der Waals surface area (Å²) in [6.07, 6.45) is 0.678. The number of hydrogen-bond donors (Lipinski definition) is 1. The molecule has 5 heteroatoms. The largest absolute Gasteiger partial charge is 0.349 e. The van der Waals surface area contributed by atoms with Gasteiger partial charge in [-0.2, -0.15) is 0 Å². The quantitative estimate of drug-likeness (QED) is 0.869. The standard InChI is InChI=1S/C15H15BrFNOS/c1-9-7-13(20-14(9)16)15(19)18-10(2)8-11-3-5-12(17)6-4-11/h3-7,10H,8H2,1-2H3,(H,18,19). The molecular formula is C15H15BrFNOS. The fraction of sp³-hybridized carbons (Fsp3) is 0.267. The molecule has 0 aliphatic carbocycles. The smallest absolute Gasteiger partial charge is 0.261 e. The summed E-state index contributed by atoms with van der Waals surface area (Å²) in [5, 5.41) is 2.96. The molecule has 1 unspecified atom stereocenters. The van der Waals surface area contributed by atoms with Crippen molar-refractivity contribution in [3.8, 4) is 0 Å². The number of aryl methyl sites for hydroxylation is 1. The van der Waals surface area contributed by atoms with Crippen LogP contribution in [0.25, 0.3) is 0 Å². The van der Waals surface area contributed by atoms with E-state index in [-0.39, 0.29) is 17.8 Å². The molecule has 0 fully saturated rings. The average Bonchev–Trinajstić information content (AvgIpc) is 2.72. The molecule has 2 rings (SSSR count). The summed E-state index contributed by atoms with van der Waals surface area (Å²) in [5.74, 6) is -0.317. The summed E-state index contributed by atoms with van der Waals surface area (Å²) in [7, 11) is 0. The molecule has 0 bridgehead atoms. The molecule has 0 aliphatic heterocycles. The van der Waals surface area contributed by atoms with Crippen molar-refractivity contribution in [2.24, 2.45) is 0 Å². The van der Waals surface area contributed by atoms with Crippen LogP contribution in [0.2, 0.25) is 0 Å². The number of nitrogens with one attached hydrogen (secondary N) is 1. The van der Waals surface area contributed by atoms with Gasteiger partial charge in [-0.05, 0) is 65.5 Å². The number of halogens is 2. The lowest BCUT2D eigenvalue weighted by atomic mass is 10.1. The van der Waals surface area contributed by atoms with Gasteiger partial charge in [-0.15, -0.1) is 11.3 Å². The maximum absolute atomic E-state index is 12.8. The SMILES string of the molecule is Cc1cc(C(=O)NC(C)Cc2ccc(F)cc2)sc1Br. The van der Waals surface area contributed by atoms with E-state index in [1.165, 1.54) is 23.5 Å². The van der Waals surface area contributed by atoms with Crippen LogP contribution in [0.15, 0.2) is 34.1 Å². The second-order valence-corrected chi connectivity index (χ2v) is 7.14. The highest BCUT2D eigenvalue weighted by Gasteiger charge is 2.14. The van der Waals surface area contributed by atoms with Crippen LogP contribution in [-0.2, 0) is 6.42 Å². The number of carbonyl (C=O) groups excluding carboxylic acids is 1. The van der Waals surface area contributed by atoms with Crippen molar-refractivity contribution in [2.75, 3.05) is 0 Å². The molecule has 1 N–H and O–H groups in total. The third kappa shape index (κ3) is 3.90. The lowest BCUT2D eigenvalue weighted by Crippen LogP contribution is -2.33. The van der Waals surface area contributed by atoms with Crippen LogP contribution in [0.4, 0.5) is 4.39 Å². The Bertz CT molecular complexity index is 589. The number of thiophene rings is 1. The van der Waals surface area contributed by atoms with Crippen molar-refractivity contribution in [2.45, 2.75) is 26.3 Å². The van der Waals surface area contributed by atoms with Gasteiger partial charge in [0.1, 0.15) is 5.82 Å². The Morgan fingerprint density at radius 3 is 2.60 bits per heavy atom. The topological polar surface area (TPSA) is 29.1 Å². The van der Waals surface area contributed by atoms with Gasteiger partial charge in [-0.1, -0.05) is 12.1 Å². The molecule has 2 nitrogen and oxygen atoms in total. The van der Waals surface area contributed by atoms with E-state index in [1.54, 1.807) is 12.1 Å². The molecule has 1 amide bonds. The lowest BCUT2D eigenvalue weighted by Gasteiger charge is -2.13. The minimum atomic E-state index is -0.246. The van der Waals surface area contributed by atoms with Crippen molar-refractivity contribution in [1.29, 1.82) is 0 Å². The zero-order chi connectivity index (χ0) is 14.7. The number of hydrogen-bond acceptors (Lipinski definition) is 2. The van der Waals surface area contributed by atoms with E-state index < -0.39 is 0 Å². The van der Waals surface area contributed by atoms with Crippen LogP contribution in [-0.4, -0.2) is 11.9 Å². The minimum absolute atomic E-state index is 0.00542. The summed E-state index contributed by atoms with van der Waals surface area (Å²) in [6, 6.07) is 8.21. The van der Waals surface area contributed by atoms with Crippen molar-refractivity contribution in [3.63, 3.8) is 0 Å². The Morgan fingerprint density at radius 1 is 1.40 bits per heavy atom. The zero-order valence-corrected chi connectivity index (χ0v) is 13.6. The Labute approximate surface area is 130 Å². The van der Waals surface area contributed by atoms with Crippen LogP contribution in [0.3, 0.4) is 0 Å². The third-order valence-corrected chi connectivity index (χ3v) is 5.05. The number of rotatable bonds is 4. The zero-order valence-electron chi connectivity index (χ0n) is 11.2. The summed E-state index contributed by atoms with van der Waals surface area (Å²) in [6.45, 7) is 3.90. The van der Waals surface area contributed by atoms with Gasteiger partial charge in [0.15, 0.2) is 0 Å². The van der Waals surface area contributed by atoms with Gasteiger partial charge in [-0.25, -0.2) is 4.39 Å². The van der Waals surface area contributed by atoms with E-state index in [0.717, 1.165) is 14.9 Å². The molecule has 106 valence electrons. The molecule has 0 aliphatic rings. The fourth-order valence-electron chi connectivity index (χ4n) is 1.89. The van der Waals surface area contributed by atoms with E-state index in [0.29, 0.717) is 11.3 Å². The molecule has 0 saturated carbocycles. The summed E-state index contributed by atoms with van der Waals surface area (Å²) >= 11 is 4.84. The van der Waals surface area contributed by atoms with E-state index in [9.17, 15) is 9.18 Å². The van der Waals surface area contributed by atoms with Crippen LogP contribution in [0, 0.1) is 12.7 Å². The third-order valence-electron chi connectivity index (χ3n) is 2.91. The Hall–Kier alpha value is -1.20. The Morgan fingerprint density at radius 2 is 2.05 bits per heavy atom. The molecule has 0 saturated heterocycles.